The molecule has 1 amide bonds. The van der Waals surface area contributed by atoms with Crippen molar-refractivity contribution in [1.82, 2.24) is 4.90 Å². The Morgan fingerprint density at radius 3 is 2.28 bits per heavy atom. The van der Waals surface area contributed by atoms with Crippen molar-refractivity contribution in [2.45, 2.75) is 33.7 Å². The zero-order valence-electron chi connectivity index (χ0n) is 11.3. The largest absolute Gasteiger partial charge is 0.296 e. The quantitative estimate of drug-likeness (QED) is 0.612. The second-order valence-corrected chi connectivity index (χ2v) is 4.80. The highest BCUT2D eigenvalue weighted by atomic mass is 32.1. The van der Waals surface area contributed by atoms with E-state index in [1.807, 2.05) is 64.1 Å². The lowest BCUT2D eigenvalue weighted by molar-refractivity contribution is -0.124. The van der Waals surface area contributed by atoms with Crippen LogP contribution in [-0.2, 0) is 4.79 Å². The van der Waals surface area contributed by atoms with Crippen LogP contribution in [0.2, 0.25) is 0 Å². The topological polar surface area (TPSA) is 20.3 Å². The number of hydrogen-bond acceptors (Lipinski definition) is 2. The Morgan fingerprint density at radius 2 is 1.83 bits per heavy atom. The van der Waals surface area contributed by atoms with E-state index in [4.69, 9.17) is 12.2 Å². The highest BCUT2D eigenvalue weighted by molar-refractivity contribution is 7.80. The third-order valence-electron chi connectivity index (χ3n) is 2.75. The van der Waals surface area contributed by atoms with Crippen molar-refractivity contribution in [3.63, 3.8) is 0 Å². The second kappa shape index (κ2) is 6.45. The van der Waals surface area contributed by atoms with E-state index >= 15 is 0 Å². The van der Waals surface area contributed by atoms with Gasteiger partial charge in [0.1, 0.15) is 4.99 Å². The molecule has 0 radical (unpaired) electrons. The molecule has 0 atom stereocenters. The van der Waals surface area contributed by atoms with Gasteiger partial charge in [-0.25, -0.2) is 0 Å². The van der Waals surface area contributed by atoms with E-state index in [9.17, 15) is 4.79 Å². The first kappa shape index (κ1) is 14.6. The first-order valence-corrected chi connectivity index (χ1v) is 6.45. The highest BCUT2D eigenvalue weighted by Gasteiger charge is 2.22. The molecule has 0 aliphatic carbocycles. The Bertz CT molecular complexity index is 463. The van der Waals surface area contributed by atoms with E-state index in [0.29, 0.717) is 10.6 Å². The maximum absolute atomic E-state index is 12.3. The number of hydrogen-bond donors (Lipinski definition) is 0. The van der Waals surface area contributed by atoms with Gasteiger partial charge < -0.3 is 0 Å². The Labute approximate surface area is 114 Å². The van der Waals surface area contributed by atoms with Gasteiger partial charge in [0.2, 0.25) is 0 Å². The molecule has 0 aliphatic rings. The van der Waals surface area contributed by atoms with Crippen molar-refractivity contribution in [2.24, 2.45) is 0 Å². The minimum Gasteiger partial charge on any atom is -0.296 e. The molecule has 1 aromatic rings. The van der Waals surface area contributed by atoms with Crippen molar-refractivity contribution in [1.29, 1.82) is 0 Å². The number of benzene rings is 1. The predicted molar refractivity (Wildman–Crippen MR) is 79.6 cm³/mol. The molecular weight excluding hydrogens is 242 g/mol. The molecule has 1 rings (SSSR count). The fourth-order valence-electron chi connectivity index (χ4n) is 1.59. The summed E-state index contributed by atoms with van der Waals surface area (Å²) in [6.07, 6.45) is 1.81. The molecule has 0 aliphatic heterocycles. The van der Waals surface area contributed by atoms with Gasteiger partial charge in [0.05, 0.1) is 0 Å². The lowest BCUT2D eigenvalue weighted by atomic mass is 10.1. The smallest absolute Gasteiger partial charge is 0.254 e. The van der Waals surface area contributed by atoms with Crippen molar-refractivity contribution in [2.75, 3.05) is 0 Å². The zero-order valence-corrected chi connectivity index (χ0v) is 12.1. The number of amides is 1. The SMILES string of the molecule is C/C=C(\C)C(=O)N(C(=S)c1ccccc1)C(C)C. The Kier molecular flexibility index (Phi) is 5.23. The Morgan fingerprint density at radius 1 is 1.28 bits per heavy atom. The molecule has 0 aromatic heterocycles. The van der Waals surface area contributed by atoms with Crippen molar-refractivity contribution >= 4 is 23.1 Å². The minimum absolute atomic E-state index is 0.0265. The monoisotopic (exact) mass is 261 g/mol. The molecule has 0 fully saturated rings. The van der Waals surface area contributed by atoms with E-state index in [1.54, 1.807) is 4.90 Å². The number of thiocarbonyl (C=S) groups is 1. The number of nitrogens with zero attached hydrogens (tertiary/aromatic N) is 1. The van der Waals surface area contributed by atoms with E-state index in [2.05, 4.69) is 0 Å². The Hall–Kier alpha value is -1.48. The van der Waals surface area contributed by atoms with Crippen LogP contribution in [-0.4, -0.2) is 21.8 Å². The fourth-order valence-corrected chi connectivity index (χ4v) is 2.02. The molecule has 96 valence electrons. The van der Waals surface area contributed by atoms with Crippen LogP contribution in [0.25, 0.3) is 0 Å². The summed E-state index contributed by atoms with van der Waals surface area (Å²) in [5.74, 6) is -0.0265. The third kappa shape index (κ3) is 3.26. The van der Waals surface area contributed by atoms with Crippen LogP contribution in [0.5, 0.6) is 0 Å². The van der Waals surface area contributed by atoms with Gasteiger partial charge in [-0.3, -0.25) is 9.69 Å². The van der Waals surface area contributed by atoms with Crippen molar-refractivity contribution in [3.05, 3.63) is 47.5 Å². The zero-order chi connectivity index (χ0) is 13.7. The van der Waals surface area contributed by atoms with E-state index in [0.717, 1.165) is 5.56 Å². The molecule has 3 heteroatoms. The van der Waals surface area contributed by atoms with Gasteiger partial charge in [-0.2, -0.15) is 0 Å². The van der Waals surface area contributed by atoms with Crippen LogP contribution in [0.3, 0.4) is 0 Å². The average molecular weight is 261 g/mol. The van der Waals surface area contributed by atoms with Crippen LogP contribution < -0.4 is 0 Å². The molecule has 1 aromatic carbocycles. The van der Waals surface area contributed by atoms with Crippen LogP contribution in [0, 0.1) is 0 Å². The average Bonchev–Trinajstić information content (AvgIpc) is 2.38. The molecule has 0 spiro atoms. The number of allylic oxidation sites excluding steroid dienone is 1. The number of rotatable bonds is 3. The predicted octanol–water partition coefficient (Wildman–Crippen LogP) is 3.57. The van der Waals surface area contributed by atoms with E-state index in [-0.39, 0.29) is 11.9 Å². The summed E-state index contributed by atoms with van der Waals surface area (Å²) in [5.41, 5.74) is 1.61. The molecule has 0 saturated carbocycles. The second-order valence-electron chi connectivity index (χ2n) is 4.41. The summed E-state index contributed by atoms with van der Waals surface area (Å²) in [6, 6.07) is 9.68. The molecule has 0 saturated heterocycles. The summed E-state index contributed by atoms with van der Waals surface area (Å²) >= 11 is 5.44. The Balaban J connectivity index is 3.08. The van der Waals surface area contributed by atoms with Gasteiger partial charge in [-0.1, -0.05) is 48.6 Å². The lowest BCUT2D eigenvalue weighted by Crippen LogP contribution is -2.41. The molecule has 18 heavy (non-hydrogen) atoms. The van der Waals surface area contributed by atoms with Crippen LogP contribution in [0.1, 0.15) is 33.3 Å². The number of carbonyl (C=O) groups excluding carboxylic acids is 1. The molecule has 0 heterocycles. The molecule has 2 nitrogen and oxygen atoms in total. The van der Waals surface area contributed by atoms with Gasteiger partial charge in [-0.05, 0) is 27.7 Å². The summed E-state index contributed by atoms with van der Waals surface area (Å²) in [6.45, 7) is 7.61. The lowest BCUT2D eigenvalue weighted by Gasteiger charge is -2.27. The summed E-state index contributed by atoms with van der Waals surface area (Å²) in [7, 11) is 0. The van der Waals surface area contributed by atoms with Crippen LogP contribution >= 0.6 is 12.2 Å². The summed E-state index contributed by atoms with van der Waals surface area (Å²) in [4.78, 5) is 14.5. The normalized spacial score (nSPS) is 11.5. The fraction of sp³-hybridized carbons (Fsp3) is 0.333. The highest BCUT2D eigenvalue weighted by Crippen LogP contribution is 2.13. The summed E-state index contributed by atoms with van der Waals surface area (Å²) in [5, 5.41) is 0. The summed E-state index contributed by atoms with van der Waals surface area (Å²) < 4.78 is 0. The molecule has 0 unspecified atom stereocenters. The van der Waals surface area contributed by atoms with E-state index < -0.39 is 0 Å². The van der Waals surface area contributed by atoms with Gasteiger partial charge in [0.15, 0.2) is 0 Å². The minimum atomic E-state index is -0.0265. The maximum atomic E-state index is 12.3. The number of carbonyl (C=O) groups is 1. The van der Waals surface area contributed by atoms with Crippen molar-refractivity contribution in [3.8, 4) is 0 Å². The first-order chi connectivity index (χ1) is 8.49. The standard InChI is InChI=1S/C15H19NOS/c1-5-12(4)14(17)16(11(2)3)15(18)13-9-7-6-8-10-13/h5-11H,1-4H3/b12-5+. The molecular formula is C15H19NOS. The molecule has 0 N–H and O–H groups in total. The van der Waals surface area contributed by atoms with Gasteiger partial charge in [0, 0.05) is 17.2 Å². The van der Waals surface area contributed by atoms with E-state index in [1.165, 1.54) is 0 Å². The maximum Gasteiger partial charge on any atom is 0.254 e. The van der Waals surface area contributed by atoms with Gasteiger partial charge >= 0.3 is 0 Å². The molecule has 0 bridgehead atoms. The van der Waals surface area contributed by atoms with Crippen molar-refractivity contribution < 1.29 is 4.79 Å². The van der Waals surface area contributed by atoms with Crippen LogP contribution in [0.15, 0.2) is 42.0 Å². The van der Waals surface area contributed by atoms with Gasteiger partial charge in [-0.15, -0.1) is 0 Å². The van der Waals surface area contributed by atoms with Gasteiger partial charge in [0.25, 0.3) is 5.91 Å². The van der Waals surface area contributed by atoms with Crippen LogP contribution in [0.4, 0.5) is 0 Å². The first-order valence-electron chi connectivity index (χ1n) is 6.05. The third-order valence-corrected chi connectivity index (χ3v) is 3.18.